The van der Waals surface area contributed by atoms with Crippen molar-refractivity contribution in [1.29, 1.82) is 0 Å². The van der Waals surface area contributed by atoms with Gasteiger partial charge in [-0.25, -0.2) is 0 Å². The Balaban J connectivity index is 1.94. The fourth-order valence-electron chi connectivity index (χ4n) is 3.36. The minimum absolute atomic E-state index is 0.0746. The number of halogens is 5. The second-order valence-corrected chi connectivity index (χ2v) is 6.51. The van der Waals surface area contributed by atoms with Gasteiger partial charge in [-0.1, -0.05) is 37.6 Å². The highest BCUT2D eigenvalue weighted by molar-refractivity contribution is 5.26. The van der Waals surface area contributed by atoms with Crippen LogP contribution in [-0.4, -0.2) is 12.1 Å². The summed E-state index contributed by atoms with van der Waals surface area (Å²) < 4.78 is 64.1. The Morgan fingerprint density at radius 2 is 1.48 bits per heavy atom. The zero-order valence-electron chi connectivity index (χ0n) is 13.3. The second kappa shape index (κ2) is 7.18. The van der Waals surface area contributed by atoms with Crippen LogP contribution in [0.1, 0.15) is 62.5 Å². The van der Waals surface area contributed by atoms with E-state index in [2.05, 4.69) is 6.92 Å². The molecule has 0 saturated heterocycles. The van der Waals surface area contributed by atoms with Crippen LogP contribution >= 0.6 is 0 Å². The number of benzene rings is 1. The van der Waals surface area contributed by atoms with E-state index in [0.717, 1.165) is 24.8 Å². The van der Waals surface area contributed by atoms with E-state index in [1.165, 1.54) is 5.56 Å². The molecule has 0 atom stereocenters. The van der Waals surface area contributed by atoms with E-state index in [0.29, 0.717) is 12.8 Å². The molecule has 5 heteroatoms. The standard InChI is InChI=1S/C18H23F5/c1-2-3-4-13-5-7-14(8-6-13)15-9-11-16(12-10-15)17(19,20)18(21,22)23/h5-8,15-16H,2-4,9-12H2,1H3/t15-,16-. The Bertz CT molecular complexity index is 481. The van der Waals surface area contributed by atoms with Crippen molar-refractivity contribution in [2.24, 2.45) is 5.92 Å². The van der Waals surface area contributed by atoms with Gasteiger partial charge in [-0.05, 0) is 55.6 Å². The van der Waals surface area contributed by atoms with Crippen LogP contribution in [0.5, 0.6) is 0 Å². The van der Waals surface area contributed by atoms with Gasteiger partial charge in [0.15, 0.2) is 0 Å². The van der Waals surface area contributed by atoms with Crippen molar-refractivity contribution in [1.82, 2.24) is 0 Å². The molecule has 0 amide bonds. The molecule has 0 unspecified atom stereocenters. The van der Waals surface area contributed by atoms with E-state index in [1.54, 1.807) is 0 Å². The minimum atomic E-state index is -5.44. The van der Waals surface area contributed by atoms with Crippen LogP contribution in [0.3, 0.4) is 0 Å². The smallest absolute Gasteiger partial charge is 0.196 e. The van der Waals surface area contributed by atoms with Crippen LogP contribution in [0.4, 0.5) is 22.0 Å². The Morgan fingerprint density at radius 3 is 1.96 bits per heavy atom. The molecule has 0 radical (unpaired) electrons. The van der Waals surface area contributed by atoms with Crippen LogP contribution in [-0.2, 0) is 6.42 Å². The SMILES string of the molecule is CCCCc1ccc([C@H]2CC[C@H](C(F)(F)C(F)(F)F)CC2)cc1. The molecule has 0 spiro atoms. The maximum absolute atomic E-state index is 13.4. The summed E-state index contributed by atoms with van der Waals surface area (Å²) in [5.74, 6) is -6.06. The molecule has 1 aliphatic rings. The molecule has 1 fully saturated rings. The predicted molar refractivity (Wildman–Crippen MR) is 80.8 cm³/mol. The van der Waals surface area contributed by atoms with Gasteiger partial charge in [0.2, 0.25) is 0 Å². The second-order valence-electron chi connectivity index (χ2n) is 6.51. The lowest BCUT2D eigenvalue weighted by atomic mass is 9.76. The first-order valence-corrected chi connectivity index (χ1v) is 8.29. The average molecular weight is 334 g/mol. The molecule has 1 aliphatic carbocycles. The highest BCUT2D eigenvalue weighted by atomic mass is 19.4. The maximum Gasteiger partial charge on any atom is 0.453 e. The van der Waals surface area contributed by atoms with Crippen LogP contribution in [0.25, 0.3) is 0 Å². The Kier molecular flexibility index (Phi) is 5.69. The molecule has 0 N–H and O–H groups in total. The molecule has 1 aromatic rings. The molecule has 23 heavy (non-hydrogen) atoms. The quantitative estimate of drug-likeness (QED) is 0.539. The third-order valence-corrected chi connectivity index (χ3v) is 4.89. The number of hydrogen-bond acceptors (Lipinski definition) is 0. The molecule has 0 aromatic heterocycles. The third kappa shape index (κ3) is 4.24. The highest BCUT2D eigenvalue weighted by Crippen LogP contribution is 2.49. The minimum Gasteiger partial charge on any atom is -0.196 e. The topological polar surface area (TPSA) is 0 Å². The van der Waals surface area contributed by atoms with Crippen molar-refractivity contribution >= 4 is 0 Å². The molecular weight excluding hydrogens is 311 g/mol. The summed E-state index contributed by atoms with van der Waals surface area (Å²) in [6.45, 7) is 2.13. The van der Waals surface area contributed by atoms with Crippen LogP contribution in [0, 0.1) is 5.92 Å². The summed E-state index contributed by atoms with van der Waals surface area (Å²) in [6.07, 6.45) is -1.54. The molecule has 2 rings (SSSR count). The van der Waals surface area contributed by atoms with E-state index in [9.17, 15) is 22.0 Å². The normalized spacial score (nSPS) is 23.0. The predicted octanol–water partition coefficient (Wildman–Crippen LogP) is 6.50. The molecule has 130 valence electrons. The zero-order chi connectivity index (χ0) is 17.1. The van der Waals surface area contributed by atoms with Crippen molar-refractivity contribution in [2.75, 3.05) is 0 Å². The van der Waals surface area contributed by atoms with Crippen LogP contribution < -0.4 is 0 Å². The van der Waals surface area contributed by atoms with Crippen molar-refractivity contribution in [3.8, 4) is 0 Å². The Labute approximate surface area is 134 Å². The number of aryl methyl sites for hydroxylation is 1. The molecular formula is C18H23F5. The highest BCUT2D eigenvalue weighted by Gasteiger charge is 2.62. The summed E-state index contributed by atoms with van der Waals surface area (Å²) >= 11 is 0. The molecule has 1 saturated carbocycles. The van der Waals surface area contributed by atoms with Gasteiger partial charge in [0.25, 0.3) is 0 Å². The maximum atomic E-state index is 13.4. The summed E-state index contributed by atoms with van der Waals surface area (Å²) in [5, 5.41) is 0. The fraction of sp³-hybridized carbons (Fsp3) is 0.667. The van der Waals surface area contributed by atoms with Crippen LogP contribution in [0.15, 0.2) is 24.3 Å². The fourth-order valence-corrected chi connectivity index (χ4v) is 3.36. The number of hydrogen-bond donors (Lipinski definition) is 0. The van der Waals surface area contributed by atoms with Crippen molar-refractivity contribution in [2.45, 2.75) is 69.9 Å². The molecule has 0 nitrogen and oxygen atoms in total. The van der Waals surface area contributed by atoms with Crippen molar-refractivity contribution in [3.63, 3.8) is 0 Å². The van der Waals surface area contributed by atoms with Gasteiger partial charge in [0.1, 0.15) is 0 Å². The van der Waals surface area contributed by atoms with Gasteiger partial charge >= 0.3 is 12.1 Å². The van der Waals surface area contributed by atoms with Gasteiger partial charge < -0.3 is 0 Å². The van der Waals surface area contributed by atoms with Gasteiger partial charge in [-0.3, -0.25) is 0 Å². The first-order chi connectivity index (χ1) is 10.8. The molecule has 0 aliphatic heterocycles. The van der Waals surface area contributed by atoms with Crippen molar-refractivity contribution < 1.29 is 22.0 Å². The van der Waals surface area contributed by atoms with E-state index in [4.69, 9.17) is 0 Å². The largest absolute Gasteiger partial charge is 0.453 e. The lowest BCUT2D eigenvalue weighted by Gasteiger charge is -2.34. The molecule has 0 bridgehead atoms. The van der Waals surface area contributed by atoms with Gasteiger partial charge in [-0.2, -0.15) is 22.0 Å². The van der Waals surface area contributed by atoms with Gasteiger partial charge in [-0.15, -0.1) is 0 Å². The summed E-state index contributed by atoms with van der Waals surface area (Å²) in [6, 6.07) is 8.08. The number of alkyl halides is 5. The van der Waals surface area contributed by atoms with E-state index < -0.39 is 18.0 Å². The number of unbranched alkanes of at least 4 members (excludes halogenated alkanes) is 1. The van der Waals surface area contributed by atoms with E-state index in [-0.39, 0.29) is 18.8 Å². The van der Waals surface area contributed by atoms with Gasteiger partial charge in [0.05, 0.1) is 0 Å². The van der Waals surface area contributed by atoms with Gasteiger partial charge in [0, 0.05) is 5.92 Å². The monoisotopic (exact) mass is 334 g/mol. The Morgan fingerprint density at radius 1 is 0.913 bits per heavy atom. The average Bonchev–Trinajstić information content (AvgIpc) is 2.52. The first kappa shape index (κ1) is 18.2. The lowest BCUT2D eigenvalue weighted by molar-refractivity contribution is -0.305. The third-order valence-electron chi connectivity index (χ3n) is 4.89. The zero-order valence-corrected chi connectivity index (χ0v) is 13.3. The summed E-state index contributed by atoms with van der Waals surface area (Å²) in [4.78, 5) is 0. The van der Waals surface area contributed by atoms with E-state index >= 15 is 0 Å². The van der Waals surface area contributed by atoms with E-state index in [1.807, 2.05) is 24.3 Å². The molecule has 0 heterocycles. The Hall–Kier alpha value is -1.13. The summed E-state index contributed by atoms with van der Waals surface area (Å²) in [5.41, 5.74) is 2.30. The number of rotatable bonds is 5. The van der Waals surface area contributed by atoms with Crippen molar-refractivity contribution in [3.05, 3.63) is 35.4 Å². The lowest BCUT2D eigenvalue weighted by Crippen LogP contribution is -2.44. The molecule has 1 aromatic carbocycles. The summed E-state index contributed by atoms with van der Waals surface area (Å²) in [7, 11) is 0. The van der Waals surface area contributed by atoms with Crippen LogP contribution in [0.2, 0.25) is 0 Å². The first-order valence-electron chi connectivity index (χ1n) is 8.29.